The third-order valence-corrected chi connectivity index (χ3v) is 3.93. The van der Waals surface area contributed by atoms with E-state index >= 15 is 0 Å². The number of aryl methyl sites for hydroxylation is 1. The van der Waals surface area contributed by atoms with Crippen molar-refractivity contribution < 1.29 is 4.74 Å². The van der Waals surface area contributed by atoms with Crippen molar-refractivity contribution in [1.82, 2.24) is 15.2 Å². The average molecular weight is 291 g/mol. The van der Waals surface area contributed by atoms with Gasteiger partial charge in [0.15, 0.2) is 0 Å². The minimum absolute atomic E-state index is 0.121. The summed E-state index contributed by atoms with van der Waals surface area (Å²) in [5, 5.41) is 3.50. The molecule has 1 aliphatic heterocycles. The highest BCUT2D eigenvalue weighted by Crippen LogP contribution is 2.19. The zero-order valence-corrected chi connectivity index (χ0v) is 14.1. The molecule has 2 heterocycles. The number of piperidine rings is 1. The summed E-state index contributed by atoms with van der Waals surface area (Å²) < 4.78 is 6.03. The molecule has 118 valence electrons. The van der Waals surface area contributed by atoms with Crippen molar-refractivity contribution >= 4 is 0 Å². The highest BCUT2D eigenvalue weighted by Gasteiger charge is 2.18. The summed E-state index contributed by atoms with van der Waals surface area (Å²) in [4.78, 5) is 6.96. The summed E-state index contributed by atoms with van der Waals surface area (Å²) in [6.45, 7) is 11.6. The molecule has 4 nitrogen and oxygen atoms in total. The summed E-state index contributed by atoms with van der Waals surface area (Å²) in [5.41, 5.74) is 2.41. The molecule has 21 heavy (non-hydrogen) atoms. The topological polar surface area (TPSA) is 37.4 Å². The molecular weight excluding hydrogens is 262 g/mol. The third-order valence-electron chi connectivity index (χ3n) is 3.93. The van der Waals surface area contributed by atoms with Crippen LogP contribution in [-0.4, -0.2) is 41.7 Å². The van der Waals surface area contributed by atoms with Crippen LogP contribution in [0.15, 0.2) is 12.1 Å². The standard InChI is InChI=1S/C17H29N3O/c1-13-14(12-18-17(2,3)4)6-7-16(19-13)21-15-8-10-20(5)11-9-15/h6-7,15,18H,8-12H2,1-5H3. The number of rotatable bonds is 4. The van der Waals surface area contributed by atoms with Crippen LogP contribution in [-0.2, 0) is 6.54 Å². The molecular formula is C17H29N3O. The first-order chi connectivity index (χ1) is 9.83. The molecule has 0 unspecified atom stereocenters. The molecule has 1 aromatic heterocycles. The highest BCUT2D eigenvalue weighted by atomic mass is 16.5. The molecule has 1 fully saturated rings. The predicted octanol–water partition coefficient (Wildman–Crippen LogP) is 2.75. The van der Waals surface area contributed by atoms with Crippen LogP contribution >= 0.6 is 0 Å². The first-order valence-electron chi connectivity index (χ1n) is 7.90. The minimum Gasteiger partial charge on any atom is -0.474 e. The maximum atomic E-state index is 6.03. The van der Waals surface area contributed by atoms with Crippen LogP contribution in [0.4, 0.5) is 0 Å². The second-order valence-corrected chi connectivity index (χ2v) is 7.12. The lowest BCUT2D eigenvalue weighted by molar-refractivity contribution is 0.110. The number of nitrogens with zero attached hydrogens (tertiary/aromatic N) is 2. The van der Waals surface area contributed by atoms with E-state index < -0.39 is 0 Å². The van der Waals surface area contributed by atoms with E-state index in [0.29, 0.717) is 6.10 Å². The van der Waals surface area contributed by atoms with Gasteiger partial charge in [-0.1, -0.05) is 6.07 Å². The first-order valence-corrected chi connectivity index (χ1v) is 7.90. The second-order valence-electron chi connectivity index (χ2n) is 7.12. The largest absolute Gasteiger partial charge is 0.474 e. The summed E-state index contributed by atoms with van der Waals surface area (Å²) in [6.07, 6.45) is 2.49. The molecule has 1 saturated heterocycles. The lowest BCUT2D eigenvalue weighted by Crippen LogP contribution is -2.36. The molecule has 0 spiro atoms. The van der Waals surface area contributed by atoms with Gasteiger partial charge in [0.2, 0.25) is 5.88 Å². The molecule has 0 saturated carbocycles. The van der Waals surface area contributed by atoms with Crippen molar-refractivity contribution in [1.29, 1.82) is 0 Å². The zero-order valence-electron chi connectivity index (χ0n) is 14.1. The molecule has 1 N–H and O–H groups in total. The number of pyridine rings is 1. The number of nitrogens with one attached hydrogen (secondary N) is 1. The summed E-state index contributed by atoms with van der Waals surface area (Å²) >= 11 is 0. The van der Waals surface area contributed by atoms with E-state index in [-0.39, 0.29) is 5.54 Å². The number of likely N-dealkylation sites (tertiary alicyclic amines) is 1. The molecule has 0 aromatic carbocycles. The van der Waals surface area contributed by atoms with Crippen LogP contribution in [0.1, 0.15) is 44.9 Å². The van der Waals surface area contributed by atoms with E-state index in [1.165, 1.54) is 5.56 Å². The van der Waals surface area contributed by atoms with Crippen molar-refractivity contribution in [2.24, 2.45) is 0 Å². The van der Waals surface area contributed by atoms with Crippen LogP contribution in [0, 0.1) is 6.92 Å². The van der Waals surface area contributed by atoms with Gasteiger partial charge in [0.25, 0.3) is 0 Å². The Morgan fingerprint density at radius 1 is 1.29 bits per heavy atom. The number of ether oxygens (including phenoxy) is 1. The first kappa shape index (κ1) is 16.2. The highest BCUT2D eigenvalue weighted by molar-refractivity contribution is 5.25. The Balaban J connectivity index is 1.92. The lowest BCUT2D eigenvalue weighted by atomic mass is 10.1. The molecule has 0 radical (unpaired) electrons. The predicted molar refractivity (Wildman–Crippen MR) is 86.7 cm³/mol. The Hall–Kier alpha value is -1.13. The molecule has 1 aliphatic rings. The minimum atomic E-state index is 0.121. The molecule has 4 heteroatoms. The smallest absolute Gasteiger partial charge is 0.213 e. The fraction of sp³-hybridized carbons (Fsp3) is 0.706. The van der Waals surface area contributed by atoms with Gasteiger partial charge in [0.1, 0.15) is 6.10 Å². The van der Waals surface area contributed by atoms with Gasteiger partial charge in [-0.3, -0.25) is 0 Å². The summed E-state index contributed by atoms with van der Waals surface area (Å²) in [5.74, 6) is 0.765. The van der Waals surface area contributed by atoms with E-state index in [9.17, 15) is 0 Å². The Labute approximate surface area is 128 Å². The zero-order chi connectivity index (χ0) is 15.5. The summed E-state index contributed by atoms with van der Waals surface area (Å²) in [7, 11) is 2.16. The van der Waals surface area contributed by atoms with E-state index in [2.05, 4.69) is 56.0 Å². The fourth-order valence-electron chi connectivity index (χ4n) is 2.45. The van der Waals surface area contributed by atoms with Gasteiger partial charge >= 0.3 is 0 Å². The van der Waals surface area contributed by atoms with Gasteiger partial charge in [-0.2, -0.15) is 0 Å². The quantitative estimate of drug-likeness (QED) is 0.925. The van der Waals surface area contributed by atoms with Gasteiger partial charge in [-0.05, 0) is 53.1 Å². The van der Waals surface area contributed by atoms with E-state index in [4.69, 9.17) is 4.74 Å². The third kappa shape index (κ3) is 5.29. The van der Waals surface area contributed by atoms with Gasteiger partial charge in [0.05, 0.1) is 0 Å². The van der Waals surface area contributed by atoms with Gasteiger partial charge in [0, 0.05) is 36.9 Å². The van der Waals surface area contributed by atoms with E-state index in [0.717, 1.165) is 44.0 Å². The van der Waals surface area contributed by atoms with Crippen molar-refractivity contribution in [2.45, 2.75) is 58.7 Å². The fourth-order valence-corrected chi connectivity index (χ4v) is 2.45. The van der Waals surface area contributed by atoms with Crippen molar-refractivity contribution in [2.75, 3.05) is 20.1 Å². The van der Waals surface area contributed by atoms with Crippen LogP contribution in [0.2, 0.25) is 0 Å². The maximum absolute atomic E-state index is 6.03. The average Bonchev–Trinajstić information content (AvgIpc) is 2.39. The van der Waals surface area contributed by atoms with Gasteiger partial charge in [-0.25, -0.2) is 4.98 Å². The molecule has 0 bridgehead atoms. The molecule has 0 aliphatic carbocycles. The van der Waals surface area contributed by atoms with Gasteiger partial charge < -0.3 is 15.0 Å². The van der Waals surface area contributed by atoms with Crippen molar-refractivity contribution in [3.63, 3.8) is 0 Å². The van der Waals surface area contributed by atoms with Crippen LogP contribution in [0.25, 0.3) is 0 Å². The van der Waals surface area contributed by atoms with Crippen LogP contribution in [0.3, 0.4) is 0 Å². The molecule has 0 atom stereocenters. The van der Waals surface area contributed by atoms with E-state index in [1.807, 2.05) is 6.07 Å². The van der Waals surface area contributed by atoms with Crippen LogP contribution in [0.5, 0.6) is 5.88 Å². The normalized spacial score (nSPS) is 18.0. The van der Waals surface area contributed by atoms with Gasteiger partial charge in [-0.15, -0.1) is 0 Å². The monoisotopic (exact) mass is 291 g/mol. The lowest BCUT2D eigenvalue weighted by Gasteiger charge is -2.29. The van der Waals surface area contributed by atoms with Crippen molar-refractivity contribution in [3.05, 3.63) is 23.4 Å². The Kier molecular flexibility index (Phi) is 5.22. The number of hydrogen-bond acceptors (Lipinski definition) is 4. The molecule has 2 rings (SSSR count). The Morgan fingerprint density at radius 3 is 2.52 bits per heavy atom. The SMILES string of the molecule is Cc1nc(OC2CCN(C)CC2)ccc1CNC(C)(C)C. The van der Waals surface area contributed by atoms with Crippen LogP contribution < -0.4 is 10.1 Å². The molecule has 0 amide bonds. The number of hydrogen-bond donors (Lipinski definition) is 1. The Bertz CT molecular complexity index is 460. The van der Waals surface area contributed by atoms with Crippen molar-refractivity contribution in [3.8, 4) is 5.88 Å². The van der Waals surface area contributed by atoms with E-state index in [1.54, 1.807) is 0 Å². The number of aromatic nitrogens is 1. The molecule has 1 aromatic rings. The maximum Gasteiger partial charge on any atom is 0.213 e. The Morgan fingerprint density at radius 2 is 1.95 bits per heavy atom. The second kappa shape index (κ2) is 6.75. The summed E-state index contributed by atoms with van der Waals surface area (Å²) in [6, 6.07) is 4.14.